The van der Waals surface area contributed by atoms with Gasteiger partial charge in [0.15, 0.2) is 0 Å². The second-order valence-corrected chi connectivity index (χ2v) is 19.3. The molecule has 0 aliphatic rings. The molecule has 0 amide bonds. The van der Waals surface area contributed by atoms with Crippen molar-refractivity contribution in [3.05, 3.63) is 12.7 Å². The second-order valence-electron chi connectivity index (χ2n) is 5.88. The number of rotatable bonds is 6. The maximum absolute atomic E-state index is 5.68. The van der Waals surface area contributed by atoms with Crippen LogP contribution in [0.25, 0.3) is 0 Å². The first-order chi connectivity index (χ1) is 6.19. The first kappa shape index (κ1) is 14.6. The lowest BCUT2D eigenvalue weighted by Gasteiger charge is -2.37. The van der Waals surface area contributed by atoms with Gasteiger partial charge in [-0.3, -0.25) is 0 Å². The first-order valence-corrected chi connectivity index (χ1v) is 13.3. The van der Waals surface area contributed by atoms with E-state index >= 15 is 0 Å². The third-order valence-electron chi connectivity index (χ3n) is 2.13. The maximum Gasteiger partial charge on any atom is 0.0684 e. The summed E-state index contributed by atoms with van der Waals surface area (Å²) in [7, 11) is -1.43. The highest BCUT2D eigenvalue weighted by atomic mass is 31.1. The highest BCUT2D eigenvalue weighted by molar-refractivity contribution is 7.44. The molecule has 1 nitrogen and oxygen atoms in total. The Labute approximate surface area is 93.2 Å². The van der Waals surface area contributed by atoms with E-state index < -0.39 is 16.1 Å². The molecular weight excluding hydrogens is 223 g/mol. The Morgan fingerprint density at radius 1 is 1.14 bits per heavy atom. The summed E-state index contributed by atoms with van der Waals surface area (Å²) in [6, 6.07) is 0. The van der Waals surface area contributed by atoms with Crippen molar-refractivity contribution in [2.24, 2.45) is 0 Å². The van der Waals surface area contributed by atoms with E-state index in [1.54, 1.807) is 0 Å². The molecule has 0 N–H and O–H groups in total. The minimum absolute atomic E-state index is 0.685. The van der Waals surface area contributed by atoms with Gasteiger partial charge < -0.3 is 4.52 Å². The van der Waals surface area contributed by atoms with Gasteiger partial charge in [-0.15, -0.1) is 6.58 Å². The highest BCUT2D eigenvalue weighted by Crippen LogP contribution is 2.35. The molecule has 0 spiro atoms. The van der Waals surface area contributed by atoms with Crippen LogP contribution in [-0.2, 0) is 4.52 Å². The molecule has 84 valence electrons. The summed E-state index contributed by atoms with van der Waals surface area (Å²) in [6.45, 7) is 19.1. The SMILES string of the molecule is C=CCOPC([Si](C)(C)C)[Si](C)(C)C. The van der Waals surface area contributed by atoms with E-state index in [-0.39, 0.29) is 0 Å². The van der Waals surface area contributed by atoms with Crippen molar-refractivity contribution in [3.8, 4) is 0 Å². The number of hydrogen-bond acceptors (Lipinski definition) is 1. The van der Waals surface area contributed by atoms with Crippen LogP contribution in [0.15, 0.2) is 12.7 Å². The Kier molecular flexibility index (Phi) is 5.82. The summed E-state index contributed by atoms with van der Waals surface area (Å²) in [4.78, 5) is 0.870. The van der Waals surface area contributed by atoms with Gasteiger partial charge in [-0.2, -0.15) is 0 Å². The quantitative estimate of drug-likeness (QED) is 0.300. The molecule has 0 radical (unpaired) electrons. The van der Waals surface area contributed by atoms with E-state index in [0.717, 1.165) is 4.91 Å². The van der Waals surface area contributed by atoms with E-state index in [4.69, 9.17) is 4.52 Å². The molecule has 0 aliphatic carbocycles. The Balaban J connectivity index is 4.35. The fourth-order valence-corrected chi connectivity index (χ4v) is 15.9. The van der Waals surface area contributed by atoms with Gasteiger partial charge in [0.2, 0.25) is 0 Å². The van der Waals surface area contributed by atoms with Crippen molar-refractivity contribution >= 4 is 25.0 Å². The molecule has 0 fully saturated rings. The van der Waals surface area contributed by atoms with Crippen molar-refractivity contribution in [1.82, 2.24) is 0 Å². The lowest BCUT2D eigenvalue weighted by atomic mass is 10.7. The molecule has 0 aromatic carbocycles. The molecule has 1 unspecified atom stereocenters. The van der Waals surface area contributed by atoms with Gasteiger partial charge >= 0.3 is 0 Å². The molecule has 0 rings (SSSR count). The van der Waals surface area contributed by atoms with E-state index in [9.17, 15) is 0 Å². The van der Waals surface area contributed by atoms with E-state index in [0.29, 0.717) is 15.4 Å². The van der Waals surface area contributed by atoms with Crippen molar-refractivity contribution < 1.29 is 4.52 Å². The third-order valence-corrected chi connectivity index (χ3v) is 17.3. The van der Waals surface area contributed by atoms with Gasteiger partial charge in [-0.05, 0) is 4.91 Å². The second kappa shape index (κ2) is 5.59. The Bertz CT molecular complexity index is 168. The van der Waals surface area contributed by atoms with Crippen LogP contribution in [0.2, 0.25) is 39.3 Å². The monoisotopic (exact) mass is 248 g/mol. The molecule has 0 saturated carbocycles. The smallest absolute Gasteiger partial charge is 0.0684 e. The van der Waals surface area contributed by atoms with Crippen LogP contribution in [0.3, 0.4) is 0 Å². The molecule has 4 heteroatoms. The molecule has 0 bridgehead atoms. The predicted molar refractivity (Wildman–Crippen MR) is 74.9 cm³/mol. The summed E-state index contributed by atoms with van der Waals surface area (Å²) in [6.07, 6.45) is 1.85. The predicted octanol–water partition coefficient (Wildman–Crippen LogP) is 3.91. The average molecular weight is 248 g/mol. The lowest BCUT2D eigenvalue weighted by Crippen LogP contribution is -2.51. The largest absolute Gasteiger partial charge is 0.359 e. The van der Waals surface area contributed by atoms with Crippen LogP contribution >= 0.6 is 8.81 Å². The van der Waals surface area contributed by atoms with Gasteiger partial charge in [0.25, 0.3) is 0 Å². The molecule has 0 aliphatic heterocycles. The molecule has 0 heterocycles. The van der Waals surface area contributed by atoms with Crippen molar-refractivity contribution in [2.45, 2.75) is 44.2 Å². The van der Waals surface area contributed by atoms with Crippen molar-refractivity contribution in [2.75, 3.05) is 6.61 Å². The van der Waals surface area contributed by atoms with Crippen LogP contribution in [0.1, 0.15) is 0 Å². The molecule has 0 saturated heterocycles. The summed E-state index contributed by atoms with van der Waals surface area (Å²) in [5.41, 5.74) is 0. The zero-order valence-electron chi connectivity index (χ0n) is 10.5. The van der Waals surface area contributed by atoms with Crippen LogP contribution in [0.4, 0.5) is 0 Å². The van der Waals surface area contributed by atoms with Crippen LogP contribution in [0.5, 0.6) is 0 Å². The van der Waals surface area contributed by atoms with E-state index in [1.807, 2.05) is 6.08 Å². The number of hydrogen-bond donors (Lipinski definition) is 0. The van der Waals surface area contributed by atoms with Crippen LogP contribution in [0, 0.1) is 0 Å². The topological polar surface area (TPSA) is 9.23 Å². The third kappa shape index (κ3) is 5.45. The fourth-order valence-electron chi connectivity index (χ4n) is 1.84. The molecule has 1 atom stereocenters. The van der Waals surface area contributed by atoms with Gasteiger partial charge in [0.1, 0.15) is 0 Å². The summed E-state index contributed by atoms with van der Waals surface area (Å²) in [5.74, 6) is 0. The van der Waals surface area contributed by atoms with Crippen molar-refractivity contribution in [1.29, 1.82) is 0 Å². The standard InChI is InChI=1S/C10H25OPSi2/c1-8-9-11-12-10(13(2,3)4)14(5,6)7/h8,10,12H,1,9H2,2-7H3. The zero-order valence-corrected chi connectivity index (χ0v) is 13.5. The van der Waals surface area contributed by atoms with Crippen LogP contribution < -0.4 is 0 Å². The van der Waals surface area contributed by atoms with Gasteiger partial charge in [-0.25, -0.2) is 0 Å². The molecular formula is C10H25OPSi2. The minimum atomic E-state index is -1.06. The summed E-state index contributed by atoms with van der Waals surface area (Å²) in [5, 5.41) is 0. The van der Waals surface area contributed by atoms with Gasteiger partial charge in [0, 0.05) is 8.81 Å². The zero-order chi connectivity index (χ0) is 11.4. The Morgan fingerprint density at radius 3 is 1.86 bits per heavy atom. The van der Waals surface area contributed by atoms with E-state index in [1.165, 1.54) is 0 Å². The average Bonchev–Trinajstić information content (AvgIpc) is 1.92. The lowest BCUT2D eigenvalue weighted by molar-refractivity contribution is 0.417. The molecule has 0 aromatic heterocycles. The molecule has 14 heavy (non-hydrogen) atoms. The highest BCUT2D eigenvalue weighted by Gasteiger charge is 2.37. The normalized spacial score (nSPS) is 14.2. The minimum Gasteiger partial charge on any atom is -0.359 e. The summed E-state index contributed by atoms with van der Waals surface area (Å²) < 4.78 is 5.68. The van der Waals surface area contributed by atoms with Gasteiger partial charge in [0.05, 0.1) is 22.8 Å². The molecule has 0 aromatic rings. The summed E-state index contributed by atoms with van der Waals surface area (Å²) >= 11 is 0. The van der Waals surface area contributed by atoms with Crippen LogP contribution in [-0.4, -0.2) is 27.7 Å². The van der Waals surface area contributed by atoms with Crippen molar-refractivity contribution in [3.63, 3.8) is 0 Å². The fraction of sp³-hybridized carbons (Fsp3) is 0.800. The Hall–Kier alpha value is 0.564. The van der Waals surface area contributed by atoms with E-state index in [2.05, 4.69) is 45.9 Å². The maximum atomic E-state index is 5.68. The first-order valence-electron chi connectivity index (χ1n) is 5.18. The van der Waals surface area contributed by atoms with Gasteiger partial charge in [-0.1, -0.05) is 45.4 Å². The Morgan fingerprint density at radius 2 is 1.57 bits per heavy atom.